The lowest BCUT2D eigenvalue weighted by atomic mass is 9.91. The second-order valence-corrected chi connectivity index (χ2v) is 4.80. The Kier molecular flexibility index (Phi) is 4.81. The van der Waals surface area contributed by atoms with Crippen LogP contribution in [0.3, 0.4) is 0 Å². The van der Waals surface area contributed by atoms with Crippen LogP contribution >= 0.6 is 0 Å². The van der Waals surface area contributed by atoms with Gasteiger partial charge in [-0.2, -0.15) is 0 Å². The van der Waals surface area contributed by atoms with Crippen molar-refractivity contribution in [3.63, 3.8) is 0 Å². The van der Waals surface area contributed by atoms with E-state index in [4.69, 9.17) is 0 Å². The molecule has 1 aromatic rings. The predicted molar refractivity (Wildman–Crippen MR) is 66.6 cm³/mol. The Morgan fingerprint density at radius 2 is 2.00 bits per heavy atom. The van der Waals surface area contributed by atoms with Crippen molar-refractivity contribution in [2.45, 2.75) is 51.6 Å². The molecule has 90 valence electrons. The van der Waals surface area contributed by atoms with Gasteiger partial charge in [-0.3, -0.25) is 0 Å². The Morgan fingerprint density at radius 1 is 1.25 bits per heavy atom. The average molecular weight is 222 g/mol. The van der Waals surface area contributed by atoms with Crippen LogP contribution in [0.5, 0.6) is 5.75 Å². The molecule has 0 spiro atoms. The van der Waals surface area contributed by atoms with Gasteiger partial charge in [-0.25, -0.2) is 0 Å². The summed E-state index contributed by atoms with van der Waals surface area (Å²) in [5, 5.41) is 19.5. The predicted octanol–water partition coefficient (Wildman–Crippen LogP) is 3.27. The van der Waals surface area contributed by atoms with Crippen LogP contribution in [0.2, 0.25) is 0 Å². The van der Waals surface area contributed by atoms with Crippen LogP contribution in [0.15, 0.2) is 24.3 Å². The number of hydrogen-bond acceptors (Lipinski definition) is 2. The molecular formula is C14H22O2. The van der Waals surface area contributed by atoms with E-state index in [0.717, 1.165) is 24.8 Å². The van der Waals surface area contributed by atoms with Crippen molar-refractivity contribution in [3.05, 3.63) is 29.8 Å². The minimum Gasteiger partial charge on any atom is -0.508 e. The van der Waals surface area contributed by atoms with Crippen LogP contribution in [-0.4, -0.2) is 15.8 Å². The fraction of sp³-hybridized carbons (Fsp3) is 0.571. The highest BCUT2D eigenvalue weighted by Gasteiger charge is 2.20. The molecule has 0 aliphatic carbocycles. The van der Waals surface area contributed by atoms with Crippen LogP contribution in [0, 0.1) is 0 Å². The van der Waals surface area contributed by atoms with Gasteiger partial charge in [0.25, 0.3) is 0 Å². The van der Waals surface area contributed by atoms with Crippen molar-refractivity contribution in [2.24, 2.45) is 0 Å². The molecule has 2 N–H and O–H groups in total. The Balaban J connectivity index is 2.51. The molecule has 0 aliphatic rings. The van der Waals surface area contributed by atoms with Crippen molar-refractivity contribution in [2.75, 3.05) is 0 Å². The number of phenolic OH excluding ortho intramolecular Hbond substituents is 1. The van der Waals surface area contributed by atoms with Crippen LogP contribution in [0.25, 0.3) is 0 Å². The molecule has 0 saturated heterocycles. The molecule has 0 saturated carbocycles. The number of hydrogen-bond donors (Lipinski definition) is 2. The monoisotopic (exact) mass is 222 g/mol. The van der Waals surface area contributed by atoms with Gasteiger partial charge in [0.15, 0.2) is 0 Å². The zero-order chi connectivity index (χ0) is 12.0. The van der Waals surface area contributed by atoms with E-state index in [-0.39, 0.29) is 5.75 Å². The lowest BCUT2D eigenvalue weighted by Crippen LogP contribution is -2.26. The van der Waals surface area contributed by atoms with E-state index in [1.54, 1.807) is 12.1 Å². The summed E-state index contributed by atoms with van der Waals surface area (Å²) in [7, 11) is 0. The summed E-state index contributed by atoms with van der Waals surface area (Å²) in [6.07, 6.45) is 4.81. The summed E-state index contributed by atoms with van der Waals surface area (Å²) in [6, 6.07) is 7.12. The molecule has 0 amide bonds. The first-order valence-corrected chi connectivity index (χ1v) is 6.04. The third-order valence-electron chi connectivity index (χ3n) is 2.81. The fourth-order valence-corrected chi connectivity index (χ4v) is 1.95. The van der Waals surface area contributed by atoms with Gasteiger partial charge in [0.2, 0.25) is 0 Å². The Bertz CT molecular complexity index is 318. The first kappa shape index (κ1) is 13.0. The van der Waals surface area contributed by atoms with Gasteiger partial charge in [-0.15, -0.1) is 0 Å². The molecule has 0 bridgehead atoms. The summed E-state index contributed by atoms with van der Waals surface area (Å²) in [5.41, 5.74) is 0.324. The number of aliphatic hydroxyl groups is 1. The number of rotatable bonds is 6. The van der Waals surface area contributed by atoms with Crippen molar-refractivity contribution in [3.8, 4) is 5.75 Å². The molecule has 0 aromatic heterocycles. The van der Waals surface area contributed by atoms with Crippen LogP contribution in [0.4, 0.5) is 0 Å². The normalized spacial score (nSPS) is 14.7. The maximum atomic E-state index is 10.2. The van der Waals surface area contributed by atoms with Gasteiger partial charge < -0.3 is 10.2 Å². The molecule has 1 rings (SSSR count). The van der Waals surface area contributed by atoms with E-state index in [9.17, 15) is 10.2 Å². The van der Waals surface area contributed by atoms with Crippen LogP contribution < -0.4 is 0 Å². The third kappa shape index (κ3) is 4.67. The van der Waals surface area contributed by atoms with Gasteiger partial charge in [0.05, 0.1) is 5.60 Å². The fourth-order valence-electron chi connectivity index (χ4n) is 1.95. The highest BCUT2D eigenvalue weighted by molar-refractivity contribution is 5.28. The number of unbranched alkanes of at least 4 members (excludes halogenated alkanes) is 2. The topological polar surface area (TPSA) is 40.5 Å². The first-order chi connectivity index (χ1) is 7.53. The third-order valence-corrected chi connectivity index (χ3v) is 2.81. The van der Waals surface area contributed by atoms with Gasteiger partial charge >= 0.3 is 0 Å². The summed E-state index contributed by atoms with van der Waals surface area (Å²) in [6.45, 7) is 4.02. The second kappa shape index (κ2) is 5.90. The molecule has 0 radical (unpaired) electrons. The molecule has 16 heavy (non-hydrogen) atoms. The summed E-state index contributed by atoms with van der Waals surface area (Å²) >= 11 is 0. The summed E-state index contributed by atoms with van der Waals surface area (Å²) in [5.74, 6) is 0.266. The van der Waals surface area contributed by atoms with Crippen molar-refractivity contribution in [1.82, 2.24) is 0 Å². The highest BCUT2D eigenvalue weighted by atomic mass is 16.3. The maximum absolute atomic E-state index is 10.2. The van der Waals surface area contributed by atoms with E-state index in [1.807, 2.05) is 19.1 Å². The molecule has 1 atom stereocenters. The lowest BCUT2D eigenvalue weighted by Gasteiger charge is -2.23. The van der Waals surface area contributed by atoms with Gasteiger partial charge in [0.1, 0.15) is 5.75 Å². The van der Waals surface area contributed by atoms with Crippen LogP contribution in [-0.2, 0) is 6.42 Å². The zero-order valence-electron chi connectivity index (χ0n) is 10.2. The minimum absolute atomic E-state index is 0.266. The molecule has 1 aromatic carbocycles. The van der Waals surface area contributed by atoms with Gasteiger partial charge in [0, 0.05) is 6.42 Å². The Hall–Kier alpha value is -1.02. The van der Waals surface area contributed by atoms with Crippen molar-refractivity contribution < 1.29 is 10.2 Å². The van der Waals surface area contributed by atoms with Crippen LogP contribution in [0.1, 0.15) is 45.1 Å². The van der Waals surface area contributed by atoms with Gasteiger partial charge in [-0.05, 0) is 31.0 Å². The maximum Gasteiger partial charge on any atom is 0.115 e. The quantitative estimate of drug-likeness (QED) is 0.725. The molecule has 2 heteroatoms. The first-order valence-electron chi connectivity index (χ1n) is 6.04. The lowest BCUT2D eigenvalue weighted by molar-refractivity contribution is 0.0486. The molecule has 2 nitrogen and oxygen atoms in total. The van der Waals surface area contributed by atoms with E-state index < -0.39 is 5.60 Å². The molecule has 0 aliphatic heterocycles. The van der Waals surface area contributed by atoms with E-state index >= 15 is 0 Å². The largest absolute Gasteiger partial charge is 0.508 e. The Labute approximate surface area is 97.9 Å². The SMILES string of the molecule is CCCCCC(C)(O)Cc1cccc(O)c1. The molecule has 0 fully saturated rings. The minimum atomic E-state index is -0.664. The molecular weight excluding hydrogens is 200 g/mol. The summed E-state index contributed by atoms with van der Waals surface area (Å²) < 4.78 is 0. The molecule has 1 unspecified atom stereocenters. The average Bonchev–Trinajstić information content (AvgIpc) is 2.17. The Morgan fingerprint density at radius 3 is 2.62 bits per heavy atom. The zero-order valence-corrected chi connectivity index (χ0v) is 10.2. The van der Waals surface area contributed by atoms with E-state index in [0.29, 0.717) is 6.42 Å². The van der Waals surface area contributed by atoms with Crippen molar-refractivity contribution in [1.29, 1.82) is 0 Å². The number of aromatic hydroxyl groups is 1. The van der Waals surface area contributed by atoms with E-state index in [1.165, 1.54) is 6.42 Å². The number of benzene rings is 1. The standard InChI is InChI=1S/C14H22O2/c1-3-4-5-9-14(2,16)11-12-7-6-8-13(15)10-12/h6-8,10,15-16H,3-5,9,11H2,1-2H3. The second-order valence-electron chi connectivity index (χ2n) is 4.80. The smallest absolute Gasteiger partial charge is 0.115 e. The van der Waals surface area contributed by atoms with Gasteiger partial charge in [-0.1, -0.05) is 38.3 Å². The van der Waals surface area contributed by atoms with Crippen molar-refractivity contribution >= 4 is 0 Å². The summed E-state index contributed by atoms with van der Waals surface area (Å²) in [4.78, 5) is 0. The molecule has 0 heterocycles. The highest BCUT2D eigenvalue weighted by Crippen LogP contribution is 2.22. The van der Waals surface area contributed by atoms with E-state index in [2.05, 4.69) is 6.92 Å². The number of phenols is 1.